The standard InChI is InChI=1S/C18H19N3O4/c1-11(2)17(22)19-14-7-4-6-13(10-14)18(23)20-15-8-5-9-16(12(15)3)21(24)25/h4-11H,1-3H3,(H,19,22)(H,20,23). The molecule has 130 valence electrons. The first kappa shape index (κ1) is 18.1. The third-order valence-electron chi connectivity index (χ3n) is 3.67. The number of benzene rings is 2. The van der Waals surface area contributed by atoms with Gasteiger partial charge in [-0.25, -0.2) is 0 Å². The van der Waals surface area contributed by atoms with Crippen LogP contribution in [-0.2, 0) is 4.79 Å². The molecule has 0 heterocycles. The van der Waals surface area contributed by atoms with Crippen LogP contribution >= 0.6 is 0 Å². The Morgan fingerprint density at radius 3 is 2.40 bits per heavy atom. The Labute approximate surface area is 145 Å². The number of hydrogen-bond donors (Lipinski definition) is 2. The van der Waals surface area contributed by atoms with Crippen molar-refractivity contribution in [1.29, 1.82) is 0 Å². The number of carbonyl (C=O) groups is 2. The first-order valence-electron chi connectivity index (χ1n) is 7.76. The summed E-state index contributed by atoms with van der Waals surface area (Å²) in [6, 6.07) is 11.0. The molecule has 2 rings (SSSR count). The summed E-state index contributed by atoms with van der Waals surface area (Å²) in [6.07, 6.45) is 0. The Bertz CT molecular complexity index is 831. The second kappa shape index (κ2) is 7.57. The molecule has 7 nitrogen and oxygen atoms in total. The number of hydrogen-bond acceptors (Lipinski definition) is 4. The summed E-state index contributed by atoms with van der Waals surface area (Å²) in [7, 11) is 0. The van der Waals surface area contributed by atoms with Crippen LogP contribution in [0.5, 0.6) is 0 Å². The molecule has 0 radical (unpaired) electrons. The van der Waals surface area contributed by atoms with Crippen LogP contribution in [0.1, 0.15) is 29.8 Å². The van der Waals surface area contributed by atoms with Gasteiger partial charge in [0.25, 0.3) is 11.6 Å². The number of nitrogens with one attached hydrogen (secondary N) is 2. The zero-order chi connectivity index (χ0) is 18.6. The van der Waals surface area contributed by atoms with Crippen molar-refractivity contribution >= 4 is 28.9 Å². The topological polar surface area (TPSA) is 101 Å². The molecule has 0 unspecified atom stereocenters. The van der Waals surface area contributed by atoms with Gasteiger partial charge in [-0.3, -0.25) is 19.7 Å². The molecule has 0 spiro atoms. The summed E-state index contributed by atoms with van der Waals surface area (Å²) < 4.78 is 0. The van der Waals surface area contributed by atoms with E-state index >= 15 is 0 Å². The largest absolute Gasteiger partial charge is 0.326 e. The number of carbonyl (C=O) groups excluding carboxylic acids is 2. The highest BCUT2D eigenvalue weighted by atomic mass is 16.6. The first-order chi connectivity index (χ1) is 11.8. The molecule has 2 aromatic carbocycles. The van der Waals surface area contributed by atoms with E-state index in [2.05, 4.69) is 10.6 Å². The molecule has 7 heteroatoms. The van der Waals surface area contributed by atoms with E-state index in [1.54, 1.807) is 51.1 Å². The highest BCUT2D eigenvalue weighted by Gasteiger charge is 2.16. The maximum absolute atomic E-state index is 12.4. The van der Waals surface area contributed by atoms with Crippen molar-refractivity contribution in [3.63, 3.8) is 0 Å². The number of rotatable bonds is 5. The molecule has 0 atom stereocenters. The molecule has 2 amide bonds. The predicted octanol–water partition coefficient (Wildman–Crippen LogP) is 3.75. The SMILES string of the molecule is Cc1c(NC(=O)c2cccc(NC(=O)C(C)C)c2)cccc1[N+](=O)[O-]. The van der Waals surface area contributed by atoms with Crippen LogP contribution in [0, 0.1) is 23.0 Å². The molecule has 0 aliphatic carbocycles. The maximum Gasteiger partial charge on any atom is 0.274 e. The molecule has 0 aliphatic heterocycles. The van der Waals surface area contributed by atoms with Gasteiger partial charge in [0.15, 0.2) is 0 Å². The summed E-state index contributed by atoms with van der Waals surface area (Å²) in [5, 5.41) is 16.4. The summed E-state index contributed by atoms with van der Waals surface area (Å²) >= 11 is 0. The Balaban J connectivity index is 2.21. The normalized spacial score (nSPS) is 10.4. The van der Waals surface area contributed by atoms with Crippen molar-refractivity contribution in [3.8, 4) is 0 Å². The molecule has 2 aromatic rings. The molecule has 0 aromatic heterocycles. The van der Waals surface area contributed by atoms with Crippen molar-refractivity contribution < 1.29 is 14.5 Å². The van der Waals surface area contributed by atoms with Gasteiger partial charge in [-0.2, -0.15) is 0 Å². The van der Waals surface area contributed by atoms with Gasteiger partial charge in [0.1, 0.15) is 0 Å². The molecule has 0 saturated heterocycles. The van der Waals surface area contributed by atoms with Crippen LogP contribution in [0.2, 0.25) is 0 Å². The summed E-state index contributed by atoms with van der Waals surface area (Å²) in [5.74, 6) is -0.735. The van der Waals surface area contributed by atoms with Crippen LogP contribution in [0.25, 0.3) is 0 Å². The summed E-state index contributed by atoms with van der Waals surface area (Å²) in [6.45, 7) is 5.13. The molecule has 0 aliphatic rings. The fraction of sp³-hybridized carbons (Fsp3) is 0.222. The number of amides is 2. The number of nitrogens with zero attached hydrogens (tertiary/aromatic N) is 1. The number of nitro groups is 1. The molecule has 0 saturated carbocycles. The molecule has 0 bridgehead atoms. The zero-order valence-electron chi connectivity index (χ0n) is 14.2. The van der Waals surface area contributed by atoms with Crippen LogP contribution in [0.3, 0.4) is 0 Å². The second-order valence-corrected chi connectivity index (χ2v) is 5.89. The highest BCUT2D eigenvalue weighted by Crippen LogP contribution is 2.25. The van der Waals surface area contributed by atoms with Crippen molar-refractivity contribution in [3.05, 3.63) is 63.7 Å². The second-order valence-electron chi connectivity index (χ2n) is 5.89. The lowest BCUT2D eigenvalue weighted by Gasteiger charge is -2.11. The predicted molar refractivity (Wildman–Crippen MR) is 95.7 cm³/mol. The van der Waals surface area contributed by atoms with Gasteiger partial charge in [-0.1, -0.05) is 26.0 Å². The lowest BCUT2D eigenvalue weighted by Crippen LogP contribution is -2.18. The van der Waals surface area contributed by atoms with Crippen LogP contribution < -0.4 is 10.6 Å². The first-order valence-corrected chi connectivity index (χ1v) is 7.76. The lowest BCUT2D eigenvalue weighted by molar-refractivity contribution is -0.385. The van der Waals surface area contributed by atoms with E-state index in [-0.39, 0.29) is 17.5 Å². The summed E-state index contributed by atoms with van der Waals surface area (Å²) in [4.78, 5) is 34.7. The highest BCUT2D eigenvalue weighted by molar-refractivity contribution is 6.06. The Kier molecular flexibility index (Phi) is 5.49. The van der Waals surface area contributed by atoms with E-state index in [4.69, 9.17) is 0 Å². The van der Waals surface area contributed by atoms with Crippen molar-refractivity contribution in [1.82, 2.24) is 0 Å². The van der Waals surface area contributed by atoms with Gasteiger partial charge in [0, 0.05) is 23.2 Å². The van der Waals surface area contributed by atoms with Crippen LogP contribution in [0.4, 0.5) is 17.1 Å². The van der Waals surface area contributed by atoms with Gasteiger partial charge in [0.05, 0.1) is 16.2 Å². The maximum atomic E-state index is 12.4. The van der Waals surface area contributed by atoms with Gasteiger partial charge in [-0.05, 0) is 31.2 Å². The quantitative estimate of drug-likeness (QED) is 0.638. The van der Waals surface area contributed by atoms with Crippen LogP contribution in [-0.4, -0.2) is 16.7 Å². The van der Waals surface area contributed by atoms with Crippen molar-refractivity contribution in [2.45, 2.75) is 20.8 Å². The van der Waals surface area contributed by atoms with Gasteiger partial charge < -0.3 is 10.6 Å². The Morgan fingerprint density at radius 2 is 1.76 bits per heavy atom. The van der Waals surface area contributed by atoms with E-state index in [1.807, 2.05) is 0 Å². The van der Waals surface area contributed by atoms with Crippen LogP contribution in [0.15, 0.2) is 42.5 Å². The molecular formula is C18H19N3O4. The van der Waals surface area contributed by atoms with Gasteiger partial charge >= 0.3 is 0 Å². The number of anilines is 2. The minimum atomic E-state index is -0.493. The van der Waals surface area contributed by atoms with E-state index in [0.717, 1.165) is 0 Å². The fourth-order valence-electron chi connectivity index (χ4n) is 2.18. The Hall–Kier alpha value is -3.22. The minimum absolute atomic E-state index is 0.0595. The molecule has 2 N–H and O–H groups in total. The van der Waals surface area contributed by atoms with E-state index in [0.29, 0.717) is 22.5 Å². The monoisotopic (exact) mass is 341 g/mol. The van der Waals surface area contributed by atoms with Crippen molar-refractivity contribution in [2.24, 2.45) is 5.92 Å². The molecule has 0 fully saturated rings. The Morgan fingerprint density at radius 1 is 1.08 bits per heavy atom. The zero-order valence-corrected chi connectivity index (χ0v) is 14.2. The van der Waals surface area contributed by atoms with Gasteiger partial charge in [-0.15, -0.1) is 0 Å². The summed E-state index contributed by atoms with van der Waals surface area (Å²) in [5.41, 5.74) is 1.55. The van der Waals surface area contributed by atoms with Gasteiger partial charge in [0.2, 0.25) is 5.91 Å². The van der Waals surface area contributed by atoms with Crippen molar-refractivity contribution in [2.75, 3.05) is 10.6 Å². The number of nitro benzene ring substituents is 1. The van der Waals surface area contributed by atoms with E-state index in [1.165, 1.54) is 12.1 Å². The lowest BCUT2D eigenvalue weighted by atomic mass is 10.1. The van der Waals surface area contributed by atoms with E-state index < -0.39 is 10.8 Å². The molecule has 25 heavy (non-hydrogen) atoms. The fourth-order valence-corrected chi connectivity index (χ4v) is 2.18. The average Bonchev–Trinajstić information content (AvgIpc) is 2.56. The van der Waals surface area contributed by atoms with E-state index in [9.17, 15) is 19.7 Å². The smallest absolute Gasteiger partial charge is 0.274 e. The third kappa shape index (κ3) is 4.41. The average molecular weight is 341 g/mol. The minimum Gasteiger partial charge on any atom is -0.326 e. The molecular weight excluding hydrogens is 322 g/mol. The third-order valence-corrected chi connectivity index (χ3v) is 3.67.